The first-order valence-corrected chi connectivity index (χ1v) is 10.2. The van der Waals surface area contributed by atoms with E-state index in [0.29, 0.717) is 35.8 Å². The van der Waals surface area contributed by atoms with Gasteiger partial charge in [0.05, 0.1) is 36.4 Å². The number of thioether (sulfide) groups is 1. The number of anilines is 1. The highest BCUT2D eigenvalue weighted by Gasteiger charge is 2.27. The number of ether oxygens (including phenoxy) is 1. The largest absolute Gasteiger partial charge is 0.376 e. The summed E-state index contributed by atoms with van der Waals surface area (Å²) in [6, 6.07) is 9.44. The van der Waals surface area contributed by atoms with E-state index in [4.69, 9.17) is 10.00 Å². The lowest BCUT2D eigenvalue weighted by Crippen LogP contribution is -2.17. The highest BCUT2D eigenvalue weighted by molar-refractivity contribution is 8.00. The van der Waals surface area contributed by atoms with Crippen LogP contribution >= 0.6 is 23.1 Å². The molecule has 7 heteroatoms. The second kappa shape index (κ2) is 8.49. The van der Waals surface area contributed by atoms with Crippen LogP contribution in [-0.2, 0) is 22.6 Å². The molecule has 1 aliphatic heterocycles. The summed E-state index contributed by atoms with van der Waals surface area (Å²) in [5.41, 5.74) is 3.25. The van der Waals surface area contributed by atoms with Gasteiger partial charge >= 0.3 is 0 Å². The van der Waals surface area contributed by atoms with Crippen LogP contribution in [0.5, 0.6) is 0 Å². The lowest BCUT2D eigenvalue weighted by atomic mass is 9.97. The maximum Gasteiger partial charge on any atom is 0.235 e. The molecule has 1 N–H and O–H groups in total. The first kappa shape index (κ1) is 18.6. The number of carbonyl (C=O) groups is 2. The van der Waals surface area contributed by atoms with E-state index < -0.39 is 0 Å². The molecule has 1 aliphatic rings. The van der Waals surface area contributed by atoms with Gasteiger partial charge in [0.25, 0.3) is 0 Å². The van der Waals surface area contributed by atoms with E-state index in [9.17, 15) is 9.59 Å². The normalized spacial score (nSPS) is 12.9. The van der Waals surface area contributed by atoms with Crippen LogP contribution < -0.4 is 5.32 Å². The minimum Gasteiger partial charge on any atom is -0.376 e. The number of hydrogen-bond donors (Lipinski definition) is 1. The van der Waals surface area contributed by atoms with Crippen molar-refractivity contribution in [1.82, 2.24) is 0 Å². The molecule has 2 heterocycles. The van der Waals surface area contributed by atoms with Crippen LogP contribution in [-0.4, -0.2) is 29.8 Å². The topological polar surface area (TPSA) is 79.2 Å². The zero-order valence-corrected chi connectivity index (χ0v) is 16.0. The number of hydrogen-bond acceptors (Lipinski definition) is 6. The van der Waals surface area contributed by atoms with Crippen LogP contribution in [0.1, 0.15) is 31.9 Å². The molecule has 3 rings (SSSR count). The highest BCUT2D eigenvalue weighted by Crippen LogP contribution is 2.38. The summed E-state index contributed by atoms with van der Waals surface area (Å²) in [5, 5.41) is 12.0. The van der Waals surface area contributed by atoms with Crippen LogP contribution in [0.4, 0.5) is 5.00 Å². The van der Waals surface area contributed by atoms with Gasteiger partial charge in [-0.3, -0.25) is 9.59 Å². The first-order chi connectivity index (χ1) is 12.6. The van der Waals surface area contributed by atoms with Crippen molar-refractivity contribution in [2.75, 3.05) is 23.4 Å². The Morgan fingerprint density at radius 2 is 2.12 bits per heavy atom. The number of nitriles is 1. The van der Waals surface area contributed by atoms with Crippen LogP contribution in [0.25, 0.3) is 0 Å². The molecule has 0 unspecified atom stereocenters. The van der Waals surface area contributed by atoms with Gasteiger partial charge in [0.15, 0.2) is 5.78 Å². The lowest BCUT2D eigenvalue weighted by Gasteiger charge is -2.13. The molecular formula is C19H18N2O3S2. The molecule has 26 heavy (non-hydrogen) atoms. The second-order valence-electron chi connectivity index (χ2n) is 5.90. The van der Waals surface area contributed by atoms with Crippen molar-refractivity contribution >= 4 is 39.8 Å². The molecule has 0 fully saturated rings. The average molecular weight is 386 g/mol. The van der Waals surface area contributed by atoms with Crippen molar-refractivity contribution in [2.24, 2.45) is 0 Å². The van der Waals surface area contributed by atoms with Gasteiger partial charge in [0, 0.05) is 10.4 Å². The smallest absolute Gasteiger partial charge is 0.235 e. The van der Waals surface area contributed by atoms with E-state index in [-0.39, 0.29) is 23.2 Å². The number of amides is 1. The quantitative estimate of drug-likeness (QED) is 0.607. The van der Waals surface area contributed by atoms with Crippen LogP contribution in [0, 0.1) is 18.3 Å². The minimum atomic E-state index is -0.206. The Kier molecular flexibility index (Phi) is 6.09. The lowest BCUT2D eigenvalue weighted by molar-refractivity contribution is -0.113. The number of fused-ring (bicyclic) bond motifs is 1. The monoisotopic (exact) mass is 386 g/mol. The number of aryl methyl sites for hydroxylation is 1. The van der Waals surface area contributed by atoms with Crippen molar-refractivity contribution in [3.05, 3.63) is 51.4 Å². The van der Waals surface area contributed by atoms with Gasteiger partial charge in [-0.25, -0.2) is 0 Å². The molecule has 0 saturated carbocycles. The minimum absolute atomic E-state index is 0.0793. The number of ketones is 1. The molecule has 0 bridgehead atoms. The number of benzene rings is 1. The zero-order chi connectivity index (χ0) is 18.5. The van der Waals surface area contributed by atoms with Crippen molar-refractivity contribution in [3.63, 3.8) is 0 Å². The van der Waals surface area contributed by atoms with E-state index >= 15 is 0 Å². The Bertz CT molecular complexity index is 866. The summed E-state index contributed by atoms with van der Waals surface area (Å²) >= 11 is 2.65. The molecule has 134 valence electrons. The predicted molar refractivity (Wildman–Crippen MR) is 104 cm³/mol. The molecular weight excluding hydrogens is 368 g/mol. The van der Waals surface area contributed by atoms with E-state index in [1.165, 1.54) is 23.1 Å². The summed E-state index contributed by atoms with van der Waals surface area (Å²) in [6.07, 6.45) is 0.665. The molecule has 0 spiro atoms. The van der Waals surface area contributed by atoms with Crippen molar-refractivity contribution < 1.29 is 14.3 Å². The molecule has 1 aromatic heterocycles. The van der Waals surface area contributed by atoms with E-state index in [2.05, 4.69) is 5.32 Å². The Balaban J connectivity index is 1.90. The van der Waals surface area contributed by atoms with Gasteiger partial charge in [-0.1, -0.05) is 29.8 Å². The SMILES string of the molecule is Cc1ccc(C(=O)c2c(NC(=O)CSCC#N)sc3c2CCOC3)cc1. The van der Waals surface area contributed by atoms with Gasteiger partial charge in [0.2, 0.25) is 5.91 Å². The molecule has 1 amide bonds. The number of rotatable bonds is 6. The average Bonchev–Trinajstić information content (AvgIpc) is 2.99. The fourth-order valence-electron chi connectivity index (χ4n) is 2.76. The Labute approximate surface area is 160 Å². The number of nitrogens with zero attached hydrogens (tertiary/aromatic N) is 1. The summed E-state index contributed by atoms with van der Waals surface area (Å²) in [5.74, 6) is 0.161. The maximum absolute atomic E-state index is 13.1. The molecule has 1 aromatic carbocycles. The number of nitrogens with one attached hydrogen (secondary N) is 1. The maximum atomic E-state index is 13.1. The summed E-state index contributed by atoms with van der Waals surface area (Å²) < 4.78 is 5.50. The van der Waals surface area contributed by atoms with Crippen LogP contribution in [0.15, 0.2) is 24.3 Å². The van der Waals surface area contributed by atoms with Gasteiger partial charge < -0.3 is 10.1 Å². The van der Waals surface area contributed by atoms with Crippen LogP contribution in [0.3, 0.4) is 0 Å². The van der Waals surface area contributed by atoms with E-state index in [1.807, 2.05) is 37.3 Å². The fourth-order valence-corrected chi connectivity index (χ4v) is 4.41. The molecule has 5 nitrogen and oxygen atoms in total. The summed E-state index contributed by atoms with van der Waals surface area (Å²) in [6.45, 7) is 3.01. The van der Waals surface area contributed by atoms with Gasteiger partial charge in [0.1, 0.15) is 5.00 Å². The Morgan fingerprint density at radius 3 is 2.85 bits per heavy atom. The number of thiophene rings is 1. The molecule has 0 saturated heterocycles. The second-order valence-corrected chi connectivity index (χ2v) is 8.00. The standard InChI is InChI=1S/C19H18N2O3S2/c1-12-2-4-13(5-3-12)18(23)17-14-6-8-24-10-15(14)26-19(17)21-16(22)11-25-9-7-20/h2-5H,6,8-11H2,1H3,(H,21,22). The van der Waals surface area contributed by atoms with E-state index in [1.54, 1.807) is 0 Å². The molecule has 0 atom stereocenters. The summed E-state index contributed by atoms with van der Waals surface area (Å²) in [4.78, 5) is 26.3. The first-order valence-electron chi connectivity index (χ1n) is 8.18. The van der Waals surface area contributed by atoms with Crippen molar-refractivity contribution in [3.8, 4) is 6.07 Å². The zero-order valence-electron chi connectivity index (χ0n) is 14.3. The van der Waals surface area contributed by atoms with Gasteiger partial charge in [-0.05, 0) is 18.9 Å². The molecule has 0 aliphatic carbocycles. The molecule has 2 aromatic rings. The third-order valence-electron chi connectivity index (χ3n) is 4.01. The Morgan fingerprint density at radius 1 is 1.35 bits per heavy atom. The van der Waals surface area contributed by atoms with Gasteiger partial charge in [-0.15, -0.1) is 23.1 Å². The predicted octanol–water partition coefficient (Wildman–Crippen LogP) is 3.56. The van der Waals surface area contributed by atoms with E-state index in [0.717, 1.165) is 16.0 Å². The summed E-state index contributed by atoms with van der Waals surface area (Å²) in [7, 11) is 0. The van der Waals surface area contributed by atoms with Crippen LogP contribution in [0.2, 0.25) is 0 Å². The van der Waals surface area contributed by atoms with Gasteiger partial charge in [-0.2, -0.15) is 5.26 Å². The third-order valence-corrected chi connectivity index (χ3v) is 5.93. The Hall–Kier alpha value is -2.14. The highest BCUT2D eigenvalue weighted by atomic mass is 32.2. The fraction of sp³-hybridized carbons (Fsp3) is 0.316. The van der Waals surface area contributed by atoms with Crippen molar-refractivity contribution in [2.45, 2.75) is 20.0 Å². The number of carbonyl (C=O) groups excluding carboxylic acids is 2. The third kappa shape index (κ3) is 4.15. The molecule has 0 radical (unpaired) electrons. The van der Waals surface area contributed by atoms with Crippen molar-refractivity contribution in [1.29, 1.82) is 5.26 Å².